The molecular weight excluding hydrogens is 388 g/mol. The highest BCUT2D eigenvalue weighted by molar-refractivity contribution is 6.01. The minimum atomic E-state index is -0.254. The third-order valence-corrected chi connectivity index (χ3v) is 6.02. The second-order valence-corrected chi connectivity index (χ2v) is 9.36. The Kier molecular flexibility index (Phi) is 4.32. The highest BCUT2D eigenvalue weighted by atomic mass is 16.1. The first-order valence-corrected chi connectivity index (χ1v) is 10.6. The molecule has 3 aromatic heterocycles. The van der Waals surface area contributed by atoms with Crippen LogP contribution in [0.5, 0.6) is 0 Å². The summed E-state index contributed by atoms with van der Waals surface area (Å²) in [4.78, 5) is 27.2. The molecule has 3 aromatic rings. The second kappa shape index (κ2) is 6.83. The second-order valence-electron chi connectivity index (χ2n) is 9.36. The van der Waals surface area contributed by atoms with Crippen LogP contribution in [0.15, 0.2) is 41.7 Å². The Morgan fingerprint density at radius 2 is 1.84 bits per heavy atom. The Labute approximate surface area is 181 Å². The van der Waals surface area contributed by atoms with E-state index in [1.54, 1.807) is 10.9 Å². The largest absolute Gasteiger partial charge is 0.343 e. The van der Waals surface area contributed by atoms with Gasteiger partial charge in [-0.15, -0.1) is 0 Å². The molecule has 2 aliphatic rings. The predicted octanol–water partition coefficient (Wildman–Crippen LogP) is 4.18. The predicted molar refractivity (Wildman–Crippen MR) is 118 cm³/mol. The fraction of sp³-hybridized carbons (Fsp3) is 0.375. The molecule has 0 spiro atoms. The van der Waals surface area contributed by atoms with E-state index in [4.69, 9.17) is 5.10 Å². The number of aryl methyl sites for hydroxylation is 3. The Hall–Kier alpha value is -3.35. The number of carbonyl (C=O) groups is 1. The summed E-state index contributed by atoms with van der Waals surface area (Å²) in [5, 5.41) is 8.37. The molecule has 1 unspecified atom stereocenters. The topological polar surface area (TPSA) is 85.6 Å². The lowest BCUT2D eigenvalue weighted by Gasteiger charge is -2.38. The highest BCUT2D eigenvalue weighted by Crippen LogP contribution is 2.49. The van der Waals surface area contributed by atoms with Crippen molar-refractivity contribution in [1.82, 2.24) is 24.7 Å². The molecule has 0 bridgehead atoms. The summed E-state index contributed by atoms with van der Waals surface area (Å²) in [6.45, 7) is 10.1. The van der Waals surface area contributed by atoms with Gasteiger partial charge in [0, 0.05) is 40.8 Å². The van der Waals surface area contributed by atoms with E-state index in [0.717, 1.165) is 51.8 Å². The Bertz CT molecular complexity index is 1220. The summed E-state index contributed by atoms with van der Waals surface area (Å²) < 4.78 is 1.77. The summed E-state index contributed by atoms with van der Waals surface area (Å²) in [6, 6.07) is 7.79. The van der Waals surface area contributed by atoms with Gasteiger partial charge in [0.25, 0.3) is 5.95 Å². The number of allylic oxidation sites excluding steroid dienone is 2. The third kappa shape index (κ3) is 3.24. The lowest BCUT2D eigenvalue weighted by atomic mass is 9.70. The molecular formula is C24H26N6O. The number of nitrogens with zero attached hydrogens (tertiary/aromatic N) is 5. The first kappa shape index (κ1) is 19.6. The summed E-state index contributed by atoms with van der Waals surface area (Å²) >= 11 is 0. The van der Waals surface area contributed by atoms with Gasteiger partial charge in [-0.3, -0.25) is 9.78 Å². The van der Waals surface area contributed by atoms with Crippen molar-refractivity contribution >= 4 is 11.6 Å². The van der Waals surface area contributed by atoms with Crippen LogP contribution in [-0.2, 0) is 4.79 Å². The van der Waals surface area contributed by atoms with Gasteiger partial charge in [0.1, 0.15) is 5.82 Å². The molecule has 31 heavy (non-hydrogen) atoms. The van der Waals surface area contributed by atoms with Crippen molar-refractivity contribution in [3.05, 3.63) is 70.1 Å². The molecule has 158 valence electrons. The zero-order valence-corrected chi connectivity index (χ0v) is 18.5. The van der Waals surface area contributed by atoms with E-state index in [1.165, 1.54) is 0 Å². The molecule has 1 aliphatic heterocycles. The number of hydrogen-bond acceptors (Lipinski definition) is 6. The molecule has 0 saturated carbocycles. The first-order chi connectivity index (χ1) is 14.7. The number of anilines is 1. The van der Waals surface area contributed by atoms with Crippen LogP contribution in [0.2, 0.25) is 0 Å². The molecule has 0 aromatic carbocycles. The van der Waals surface area contributed by atoms with Gasteiger partial charge in [0.05, 0.1) is 17.3 Å². The van der Waals surface area contributed by atoms with Gasteiger partial charge in [0.15, 0.2) is 5.78 Å². The number of carbonyl (C=O) groups excluding carboxylic acids is 1. The summed E-state index contributed by atoms with van der Waals surface area (Å²) in [7, 11) is 0. The molecule has 0 radical (unpaired) electrons. The summed E-state index contributed by atoms with van der Waals surface area (Å²) in [5.41, 5.74) is 6.09. The number of aromatic nitrogens is 5. The van der Waals surface area contributed by atoms with Gasteiger partial charge < -0.3 is 5.32 Å². The van der Waals surface area contributed by atoms with Crippen molar-refractivity contribution in [2.45, 2.75) is 53.4 Å². The van der Waals surface area contributed by atoms with Gasteiger partial charge in [-0.05, 0) is 50.8 Å². The van der Waals surface area contributed by atoms with Crippen LogP contribution in [-0.4, -0.2) is 30.5 Å². The maximum atomic E-state index is 13.3. The van der Waals surface area contributed by atoms with Crippen LogP contribution in [0.3, 0.4) is 0 Å². The molecule has 1 aliphatic carbocycles. The Balaban J connectivity index is 1.76. The van der Waals surface area contributed by atoms with Gasteiger partial charge in [-0.2, -0.15) is 9.78 Å². The van der Waals surface area contributed by atoms with E-state index in [-0.39, 0.29) is 17.1 Å². The third-order valence-electron chi connectivity index (χ3n) is 6.02. The van der Waals surface area contributed by atoms with Crippen molar-refractivity contribution in [2.24, 2.45) is 5.41 Å². The van der Waals surface area contributed by atoms with Crippen LogP contribution >= 0.6 is 0 Å². The van der Waals surface area contributed by atoms with Gasteiger partial charge in [-0.1, -0.05) is 19.9 Å². The molecule has 5 rings (SSSR count). The van der Waals surface area contributed by atoms with E-state index in [2.05, 4.69) is 34.1 Å². The smallest absolute Gasteiger partial charge is 0.252 e. The van der Waals surface area contributed by atoms with E-state index in [0.29, 0.717) is 12.4 Å². The quantitative estimate of drug-likeness (QED) is 0.677. The molecule has 4 heterocycles. The molecule has 0 saturated heterocycles. The van der Waals surface area contributed by atoms with Gasteiger partial charge >= 0.3 is 0 Å². The molecule has 7 nitrogen and oxygen atoms in total. The monoisotopic (exact) mass is 414 g/mol. The highest BCUT2D eigenvalue weighted by Gasteiger charge is 2.43. The van der Waals surface area contributed by atoms with Gasteiger partial charge in [0.2, 0.25) is 0 Å². The van der Waals surface area contributed by atoms with Crippen molar-refractivity contribution in [2.75, 3.05) is 5.32 Å². The fourth-order valence-corrected chi connectivity index (χ4v) is 4.86. The molecule has 1 N–H and O–H groups in total. The molecule has 0 fully saturated rings. The zero-order valence-electron chi connectivity index (χ0n) is 18.5. The average Bonchev–Trinajstić information content (AvgIpc) is 3.01. The van der Waals surface area contributed by atoms with E-state index in [1.807, 2.05) is 45.0 Å². The van der Waals surface area contributed by atoms with E-state index >= 15 is 0 Å². The SMILES string of the molecule is Cc1cc(C)nc(-n2nc(C)c3c2NC2=C(C(=O)CC(C)(C)C2)C3c2ccccn2)n1. The number of fused-ring (bicyclic) bond motifs is 1. The number of hydrogen-bond donors (Lipinski definition) is 1. The summed E-state index contributed by atoms with van der Waals surface area (Å²) in [5.74, 6) is 1.27. The van der Waals surface area contributed by atoms with Gasteiger partial charge in [-0.25, -0.2) is 9.97 Å². The van der Waals surface area contributed by atoms with Crippen molar-refractivity contribution in [3.63, 3.8) is 0 Å². The van der Waals surface area contributed by atoms with Crippen LogP contribution in [0.1, 0.15) is 60.9 Å². The van der Waals surface area contributed by atoms with E-state index in [9.17, 15) is 4.79 Å². The van der Waals surface area contributed by atoms with Crippen molar-refractivity contribution in [3.8, 4) is 5.95 Å². The molecule has 7 heteroatoms. The van der Waals surface area contributed by atoms with Crippen LogP contribution < -0.4 is 5.32 Å². The number of rotatable bonds is 2. The van der Waals surface area contributed by atoms with Crippen LogP contribution in [0.4, 0.5) is 5.82 Å². The minimum Gasteiger partial charge on any atom is -0.343 e. The Morgan fingerprint density at radius 3 is 2.52 bits per heavy atom. The number of pyridine rings is 1. The lowest BCUT2D eigenvalue weighted by Crippen LogP contribution is -2.34. The van der Waals surface area contributed by atoms with Crippen LogP contribution in [0.25, 0.3) is 5.95 Å². The zero-order chi connectivity index (χ0) is 21.9. The van der Waals surface area contributed by atoms with Crippen LogP contribution in [0, 0.1) is 26.2 Å². The van der Waals surface area contributed by atoms with E-state index < -0.39 is 0 Å². The molecule has 0 amide bonds. The Morgan fingerprint density at radius 1 is 1.10 bits per heavy atom. The summed E-state index contributed by atoms with van der Waals surface area (Å²) in [6.07, 6.45) is 3.09. The first-order valence-electron chi connectivity index (χ1n) is 10.6. The maximum Gasteiger partial charge on any atom is 0.252 e. The standard InChI is InChI=1S/C24H26N6O/c1-13-10-14(2)27-23(26-13)30-22-19(15(3)29-30)21(16-8-6-7-9-25-16)20-17(28-22)11-24(4,5)12-18(20)31/h6-10,21,28H,11-12H2,1-5H3. The maximum absolute atomic E-state index is 13.3. The fourth-order valence-electron chi connectivity index (χ4n) is 4.86. The minimum absolute atomic E-state index is 0.106. The lowest BCUT2D eigenvalue weighted by molar-refractivity contribution is -0.118. The number of Topliss-reactive ketones (excluding diaryl/α,β-unsaturated/α-hetero) is 1. The van der Waals surface area contributed by atoms with Crippen molar-refractivity contribution in [1.29, 1.82) is 0 Å². The normalized spacial score (nSPS) is 19.6. The average molecular weight is 415 g/mol. The van der Waals surface area contributed by atoms with Crippen molar-refractivity contribution < 1.29 is 4.79 Å². The number of nitrogens with one attached hydrogen (secondary N) is 1. The molecule has 1 atom stereocenters. The number of ketones is 1.